The predicted molar refractivity (Wildman–Crippen MR) is 163 cm³/mol. The van der Waals surface area contributed by atoms with Gasteiger partial charge in [-0.3, -0.25) is 14.5 Å². The summed E-state index contributed by atoms with van der Waals surface area (Å²) in [5.41, 5.74) is 6.07. The Kier molecular flexibility index (Phi) is 7.15. The normalized spacial score (nSPS) is 26.6. The Morgan fingerprint density at radius 2 is 1.71 bits per heavy atom. The van der Waals surface area contributed by atoms with Gasteiger partial charge in [0, 0.05) is 35.7 Å². The van der Waals surface area contributed by atoms with E-state index in [0.717, 1.165) is 72.2 Å². The van der Waals surface area contributed by atoms with E-state index in [1.54, 1.807) is 6.07 Å². The number of aromatic hydroxyl groups is 1. The molecule has 1 aliphatic heterocycles. The molecule has 3 N–H and O–H groups in total. The lowest BCUT2D eigenvalue weighted by Gasteiger charge is -2.60. The molecule has 4 atom stereocenters. The smallest absolute Gasteiger partial charge is 0.255 e. The lowest BCUT2D eigenvalue weighted by Crippen LogP contribution is -2.62. The lowest BCUT2D eigenvalue weighted by molar-refractivity contribution is -0.0502. The third-order valence-electron chi connectivity index (χ3n) is 10.6. The number of carbonyl (C=O) groups is 2. The van der Waals surface area contributed by atoms with Crippen molar-refractivity contribution in [1.29, 1.82) is 0 Å². The number of hydrogen-bond acceptors (Lipinski definition) is 5. The summed E-state index contributed by atoms with van der Waals surface area (Å²) in [4.78, 5) is 27.0. The van der Waals surface area contributed by atoms with Crippen LogP contribution in [0.3, 0.4) is 0 Å². The second kappa shape index (κ2) is 11.0. The van der Waals surface area contributed by atoms with Crippen molar-refractivity contribution in [1.82, 2.24) is 10.2 Å². The monoisotopic (exact) mass is 564 g/mol. The van der Waals surface area contributed by atoms with Crippen molar-refractivity contribution in [3.05, 3.63) is 88.5 Å². The van der Waals surface area contributed by atoms with Gasteiger partial charge in [-0.05, 0) is 98.1 Å². The van der Waals surface area contributed by atoms with Gasteiger partial charge in [0.1, 0.15) is 12.0 Å². The molecule has 1 heterocycles. The summed E-state index contributed by atoms with van der Waals surface area (Å²) in [5, 5.41) is 25.5. The van der Waals surface area contributed by atoms with Crippen LogP contribution in [0.4, 0.5) is 0 Å². The van der Waals surface area contributed by atoms with Crippen LogP contribution in [0.5, 0.6) is 5.75 Å². The summed E-state index contributed by atoms with van der Waals surface area (Å²) in [6, 6.07) is 20.1. The van der Waals surface area contributed by atoms with E-state index in [9.17, 15) is 19.8 Å². The van der Waals surface area contributed by atoms with Gasteiger partial charge < -0.3 is 15.5 Å². The van der Waals surface area contributed by atoms with E-state index >= 15 is 0 Å². The van der Waals surface area contributed by atoms with Crippen LogP contribution in [-0.2, 0) is 18.3 Å². The minimum atomic E-state index is -0.359. The first-order chi connectivity index (χ1) is 20.4. The number of carbonyl (C=O) groups excluding carboxylic acids is 2. The zero-order valence-corrected chi connectivity index (χ0v) is 24.1. The zero-order valence-electron chi connectivity index (χ0n) is 24.1. The van der Waals surface area contributed by atoms with Crippen LogP contribution in [-0.4, -0.2) is 59.1 Å². The van der Waals surface area contributed by atoms with Crippen LogP contribution in [0.2, 0.25) is 0 Å². The molecule has 1 saturated heterocycles. The van der Waals surface area contributed by atoms with Gasteiger partial charge in [-0.25, -0.2) is 0 Å². The van der Waals surface area contributed by atoms with Gasteiger partial charge in [0.2, 0.25) is 0 Å². The SMILES string of the molecule is O=Cc1ccc(-c2ccc(CCNC(=O)c3ccc4c(c3O)C35CCN(CC6CC6)C(C4)C3CCC(O)C5)cc2)cc1. The number of amides is 1. The number of nitrogens with one attached hydrogen (secondary N) is 1. The van der Waals surface area contributed by atoms with Crippen molar-refractivity contribution in [2.24, 2.45) is 11.8 Å². The summed E-state index contributed by atoms with van der Waals surface area (Å²) < 4.78 is 0. The van der Waals surface area contributed by atoms with Crippen molar-refractivity contribution in [2.75, 3.05) is 19.6 Å². The number of aliphatic hydroxyl groups is 1. The van der Waals surface area contributed by atoms with Gasteiger partial charge in [-0.15, -0.1) is 0 Å². The fourth-order valence-electron chi connectivity index (χ4n) is 8.28. The van der Waals surface area contributed by atoms with Gasteiger partial charge in [0.15, 0.2) is 0 Å². The maximum absolute atomic E-state index is 13.4. The van der Waals surface area contributed by atoms with Gasteiger partial charge in [-0.1, -0.05) is 54.6 Å². The number of phenolic OH excluding ortho intramolecular Hbond substituents is 1. The molecule has 2 bridgehead atoms. The molecule has 42 heavy (non-hydrogen) atoms. The average Bonchev–Trinajstić information content (AvgIpc) is 3.83. The Bertz CT molecular complexity index is 1480. The number of hydrogen-bond donors (Lipinski definition) is 3. The molecule has 1 amide bonds. The van der Waals surface area contributed by atoms with Crippen LogP contribution in [0.1, 0.15) is 75.9 Å². The van der Waals surface area contributed by atoms with Crippen molar-refractivity contribution in [3.63, 3.8) is 0 Å². The summed E-state index contributed by atoms with van der Waals surface area (Å²) >= 11 is 0. The third-order valence-corrected chi connectivity index (χ3v) is 10.6. The first-order valence-corrected chi connectivity index (χ1v) is 15.7. The van der Waals surface area contributed by atoms with Crippen LogP contribution in [0.25, 0.3) is 11.1 Å². The van der Waals surface area contributed by atoms with E-state index in [1.165, 1.54) is 19.4 Å². The van der Waals surface area contributed by atoms with E-state index in [-0.39, 0.29) is 23.2 Å². The van der Waals surface area contributed by atoms with Crippen LogP contribution < -0.4 is 5.32 Å². The summed E-state index contributed by atoms with van der Waals surface area (Å²) in [6.45, 7) is 2.65. The fraction of sp³-hybridized carbons (Fsp3) is 0.444. The summed E-state index contributed by atoms with van der Waals surface area (Å²) in [7, 11) is 0. The summed E-state index contributed by atoms with van der Waals surface area (Å²) in [6.07, 6.45) is 8.17. The molecule has 3 aromatic carbocycles. The maximum Gasteiger partial charge on any atom is 0.255 e. The highest BCUT2D eigenvalue weighted by Gasteiger charge is 2.57. The topological polar surface area (TPSA) is 89.9 Å². The Morgan fingerprint density at radius 1 is 0.976 bits per heavy atom. The molecule has 3 aliphatic carbocycles. The molecule has 3 aromatic rings. The van der Waals surface area contributed by atoms with E-state index in [0.29, 0.717) is 42.5 Å². The molecule has 4 unspecified atom stereocenters. The second-order valence-electron chi connectivity index (χ2n) is 13.1. The Balaban J connectivity index is 1.06. The first-order valence-electron chi connectivity index (χ1n) is 15.7. The van der Waals surface area contributed by atoms with E-state index < -0.39 is 0 Å². The number of likely N-dealkylation sites (tertiary alicyclic amines) is 1. The molecule has 0 aromatic heterocycles. The molecular weight excluding hydrogens is 524 g/mol. The maximum atomic E-state index is 13.4. The van der Waals surface area contributed by atoms with Gasteiger partial charge >= 0.3 is 0 Å². The number of nitrogens with zero attached hydrogens (tertiary/aromatic N) is 1. The molecule has 2 saturated carbocycles. The molecule has 7 rings (SSSR count). The highest BCUT2D eigenvalue weighted by atomic mass is 16.3. The van der Waals surface area contributed by atoms with Crippen molar-refractivity contribution >= 4 is 12.2 Å². The fourth-order valence-corrected chi connectivity index (χ4v) is 8.28. The quantitative estimate of drug-likeness (QED) is 0.324. The standard InChI is InChI=1S/C36H40N2O4/c39-22-25-5-9-27(10-6-25)26-7-3-23(4-8-26)15-17-37-35(42)30-13-11-28-19-32-31-14-12-29(40)20-36(31,33(28)34(30)41)16-18-38(32)21-24-1-2-24/h3-11,13,22,24,29,31-32,40-41H,1-2,12,14-21H2,(H,37,42). The van der Waals surface area contributed by atoms with Crippen molar-refractivity contribution in [3.8, 4) is 16.9 Å². The van der Waals surface area contributed by atoms with Crippen LogP contribution in [0.15, 0.2) is 60.7 Å². The molecule has 218 valence electrons. The van der Waals surface area contributed by atoms with Crippen LogP contribution in [0, 0.1) is 11.8 Å². The molecule has 0 spiro atoms. The Morgan fingerprint density at radius 3 is 2.43 bits per heavy atom. The van der Waals surface area contributed by atoms with E-state index in [2.05, 4.69) is 40.5 Å². The molecule has 6 nitrogen and oxygen atoms in total. The third kappa shape index (κ3) is 4.95. The van der Waals surface area contributed by atoms with Crippen LogP contribution >= 0.6 is 0 Å². The lowest BCUT2D eigenvalue weighted by atomic mass is 9.51. The minimum absolute atomic E-state index is 0.128. The molecule has 3 fully saturated rings. The highest BCUT2D eigenvalue weighted by Crippen LogP contribution is 2.58. The van der Waals surface area contributed by atoms with Gasteiger partial charge in [0.05, 0.1) is 11.7 Å². The average molecular weight is 565 g/mol. The number of aliphatic hydroxyl groups excluding tert-OH is 1. The van der Waals surface area contributed by atoms with Gasteiger partial charge in [0.25, 0.3) is 5.91 Å². The number of benzene rings is 3. The van der Waals surface area contributed by atoms with E-state index in [1.807, 2.05) is 24.3 Å². The highest BCUT2D eigenvalue weighted by molar-refractivity contribution is 5.97. The van der Waals surface area contributed by atoms with Crippen molar-refractivity contribution < 1.29 is 19.8 Å². The predicted octanol–water partition coefficient (Wildman–Crippen LogP) is 5.28. The largest absolute Gasteiger partial charge is 0.507 e. The van der Waals surface area contributed by atoms with Crippen molar-refractivity contribution in [2.45, 2.75) is 68.9 Å². The Hall–Kier alpha value is -3.48. The number of aldehydes is 1. The number of piperidine rings is 1. The van der Waals surface area contributed by atoms with Gasteiger partial charge in [-0.2, -0.15) is 0 Å². The second-order valence-corrected chi connectivity index (χ2v) is 13.1. The Labute approximate surface area is 247 Å². The number of phenols is 1. The number of rotatable bonds is 8. The number of fused-ring (bicyclic) bond motifs is 1. The first kappa shape index (κ1) is 27.4. The molecule has 4 aliphatic rings. The molecule has 6 heteroatoms. The molecule has 0 radical (unpaired) electrons. The minimum Gasteiger partial charge on any atom is -0.507 e. The summed E-state index contributed by atoms with van der Waals surface area (Å²) in [5.74, 6) is 1.13. The zero-order chi connectivity index (χ0) is 28.8. The van der Waals surface area contributed by atoms with E-state index in [4.69, 9.17) is 0 Å². The molecular formula is C36H40N2O4.